The van der Waals surface area contributed by atoms with E-state index in [-0.39, 0.29) is 5.82 Å². The van der Waals surface area contributed by atoms with Crippen molar-refractivity contribution in [1.29, 1.82) is 0 Å². The Labute approximate surface area is 200 Å². The van der Waals surface area contributed by atoms with Crippen molar-refractivity contribution in [2.45, 2.75) is 6.54 Å². The van der Waals surface area contributed by atoms with Gasteiger partial charge >= 0.3 is 0 Å². The highest BCUT2D eigenvalue weighted by molar-refractivity contribution is 6.01. The number of pyridine rings is 3. The van der Waals surface area contributed by atoms with Crippen LogP contribution in [0.3, 0.4) is 0 Å². The maximum atomic E-state index is 13.9. The lowest BCUT2D eigenvalue weighted by Crippen LogP contribution is -2.10. The third-order valence-electron chi connectivity index (χ3n) is 5.97. The first-order valence-corrected chi connectivity index (χ1v) is 11.2. The smallest absolute Gasteiger partial charge is 0.123 e. The molecular weight excluding hydrogens is 441 g/mol. The average molecular weight is 464 g/mol. The van der Waals surface area contributed by atoms with Crippen LogP contribution in [0.2, 0.25) is 0 Å². The van der Waals surface area contributed by atoms with Gasteiger partial charge in [-0.3, -0.25) is 20.1 Å². The molecule has 0 unspecified atom stereocenters. The molecule has 0 aliphatic rings. The summed E-state index contributed by atoms with van der Waals surface area (Å²) < 4.78 is 13.9. The van der Waals surface area contributed by atoms with Gasteiger partial charge in [0.15, 0.2) is 0 Å². The zero-order valence-corrected chi connectivity index (χ0v) is 19.2. The minimum atomic E-state index is -0.280. The highest BCUT2D eigenvalue weighted by Gasteiger charge is 2.15. The molecule has 7 nitrogen and oxygen atoms in total. The van der Waals surface area contributed by atoms with Gasteiger partial charge in [0.05, 0.1) is 34.8 Å². The number of nitrogens with one attached hydrogen (secondary N) is 2. The minimum Gasteiger partial charge on any atom is -0.352 e. The molecule has 0 saturated heterocycles. The summed E-state index contributed by atoms with van der Waals surface area (Å²) in [5.41, 5.74) is 7.84. The van der Waals surface area contributed by atoms with Crippen molar-refractivity contribution < 1.29 is 4.39 Å². The highest BCUT2D eigenvalue weighted by Crippen LogP contribution is 2.34. The fraction of sp³-hybridized carbons (Fsp3) is 0.111. The van der Waals surface area contributed by atoms with Crippen LogP contribution >= 0.6 is 0 Å². The molecule has 8 heteroatoms. The van der Waals surface area contributed by atoms with E-state index in [2.05, 4.69) is 41.1 Å². The van der Waals surface area contributed by atoms with Crippen LogP contribution in [0.15, 0.2) is 73.4 Å². The molecule has 2 N–H and O–H groups in total. The summed E-state index contributed by atoms with van der Waals surface area (Å²) >= 11 is 0. The summed E-state index contributed by atoms with van der Waals surface area (Å²) in [6, 6.07) is 12.7. The van der Waals surface area contributed by atoms with Crippen molar-refractivity contribution in [2.24, 2.45) is 0 Å². The first-order chi connectivity index (χ1) is 17.0. The summed E-state index contributed by atoms with van der Waals surface area (Å²) in [5.74, 6) is -0.280. The van der Waals surface area contributed by atoms with Gasteiger partial charge in [0, 0.05) is 47.0 Å². The van der Waals surface area contributed by atoms with E-state index in [0.29, 0.717) is 0 Å². The second-order valence-corrected chi connectivity index (χ2v) is 8.85. The molecule has 35 heavy (non-hydrogen) atoms. The van der Waals surface area contributed by atoms with E-state index in [0.717, 1.165) is 67.7 Å². The molecule has 6 rings (SSSR count). The maximum absolute atomic E-state index is 13.9. The molecule has 0 spiro atoms. The monoisotopic (exact) mass is 463 g/mol. The van der Waals surface area contributed by atoms with Crippen LogP contribution in [0.25, 0.3) is 55.6 Å². The topological polar surface area (TPSA) is 86.4 Å². The number of aromatic amines is 2. The largest absolute Gasteiger partial charge is 0.352 e. The SMILES string of the molecule is CN(C)Cc1cncc(-c2cc3c(-c4cc5c(-c6cccc(F)c6)cncc5[nH]4)n[nH]c3cn2)c1. The molecule has 0 fully saturated rings. The lowest BCUT2D eigenvalue weighted by Gasteiger charge is -2.10. The number of halogens is 1. The number of benzene rings is 1. The number of nitrogens with zero attached hydrogens (tertiary/aromatic N) is 5. The molecule has 0 saturated carbocycles. The van der Waals surface area contributed by atoms with Gasteiger partial charge < -0.3 is 9.88 Å². The lowest BCUT2D eigenvalue weighted by molar-refractivity contribution is 0.402. The Bertz CT molecular complexity index is 1680. The van der Waals surface area contributed by atoms with Crippen molar-refractivity contribution in [3.8, 4) is 33.8 Å². The first kappa shape index (κ1) is 21.1. The molecule has 0 bridgehead atoms. The normalized spacial score (nSPS) is 11.7. The molecule has 5 aromatic heterocycles. The molecular formula is C27H22FN7. The Hall–Kier alpha value is -4.43. The Morgan fingerprint density at radius 1 is 0.857 bits per heavy atom. The standard InChI is InChI=1S/C27H22FN7/c1-35(2)15-16-6-18(11-29-10-16)23-9-21-26(14-31-23)33-34-27(21)24-8-20-22(12-30-13-25(20)32-24)17-4-3-5-19(28)7-17/h3-14,32H,15H2,1-2H3,(H,33,34). The van der Waals surface area contributed by atoms with Crippen molar-refractivity contribution in [1.82, 2.24) is 35.0 Å². The van der Waals surface area contributed by atoms with Gasteiger partial charge in [-0.15, -0.1) is 0 Å². The summed E-state index contributed by atoms with van der Waals surface area (Å²) in [5, 5.41) is 9.55. The number of hydrogen-bond acceptors (Lipinski definition) is 5. The van der Waals surface area contributed by atoms with Gasteiger partial charge in [-0.05, 0) is 55.6 Å². The fourth-order valence-electron chi connectivity index (χ4n) is 4.42. The number of hydrogen-bond donors (Lipinski definition) is 2. The van der Waals surface area contributed by atoms with Crippen LogP contribution in [0.4, 0.5) is 4.39 Å². The maximum Gasteiger partial charge on any atom is 0.123 e. The molecule has 0 aliphatic heterocycles. The third kappa shape index (κ3) is 3.94. The van der Waals surface area contributed by atoms with Gasteiger partial charge in [0.2, 0.25) is 0 Å². The minimum absolute atomic E-state index is 0.280. The van der Waals surface area contributed by atoms with Gasteiger partial charge in [0.25, 0.3) is 0 Å². The van der Waals surface area contributed by atoms with Gasteiger partial charge in [0.1, 0.15) is 11.5 Å². The second kappa shape index (κ2) is 8.41. The van der Waals surface area contributed by atoms with Crippen LogP contribution in [0, 0.1) is 5.82 Å². The summed E-state index contributed by atoms with van der Waals surface area (Å²) in [7, 11) is 4.06. The zero-order chi connectivity index (χ0) is 23.9. The Balaban J connectivity index is 1.45. The van der Waals surface area contributed by atoms with Gasteiger partial charge in [-0.1, -0.05) is 12.1 Å². The Kier molecular flexibility index (Phi) is 5.08. The van der Waals surface area contributed by atoms with E-state index in [1.54, 1.807) is 24.7 Å². The summed E-state index contributed by atoms with van der Waals surface area (Å²) in [4.78, 5) is 18.9. The van der Waals surface area contributed by atoms with E-state index in [4.69, 9.17) is 0 Å². The van der Waals surface area contributed by atoms with E-state index in [1.165, 1.54) is 12.1 Å². The van der Waals surface area contributed by atoms with E-state index in [9.17, 15) is 4.39 Å². The van der Waals surface area contributed by atoms with Crippen LogP contribution in [0.5, 0.6) is 0 Å². The van der Waals surface area contributed by atoms with E-state index >= 15 is 0 Å². The van der Waals surface area contributed by atoms with E-state index in [1.807, 2.05) is 44.7 Å². The first-order valence-electron chi connectivity index (χ1n) is 11.2. The molecule has 172 valence electrons. The van der Waals surface area contributed by atoms with Crippen LogP contribution in [-0.2, 0) is 6.54 Å². The van der Waals surface area contributed by atoms with Crippen molar-refractivity contribution in [3.05, 3.63) is 84.8 Å². The Morgan fingerprint density at radius 3 is 2.60 bits per heavy atom. The predicted molar refractivity (Wildman–Crippen MR) is 135 cm³/mol. The molecule has 0 radical (unpaired) electrons. The van der Waals surface area contributed by atoms with Crippen LogP contribution < -0.4 is 0 Å². The molecule has 0 amide bonds. The average Bonchev–Trinajstić information content (AvgIpc) is 3.47. The highest BCUT2D eigenvalue weighted by atomic mass is 19.1. The predicted octanol–water partition coefficient (Wildman–Crippen LogP) is 5.43. The quantitative estimate of drug-likeness (QED) is 0.356. The molecule has 6 aromatic rings. The van der Waals surface area contributed by atoms with Crippen molar-refractivity contribution in [2.75, 3.05) is 14.1 Å². The number of H-pyrrole nitrogens is 2. The Morgan fingerprint density at radius 2 is 1.74 bits per heavy atom. The lowest BCUT2D eigenvalue weighted by atomic mass is 10.0. The van der Waals surface area contributed by atoms with Gasteiger partial charge in [-0.25, -0.2) is 4.39 Å². The molecule has 5 heterocycles. The van der Waals surface area contributed by atoms with Crippen LogP contribution in [-0.4, -0.2) is 49.1 Å². The number of aromatic nitrogens is 6. The second-order valence-electron chi connectivity index (χ2n) is 8.85. The summed E-state index contributed by atoms with van der Waals surface area (Å²) in [6.45, 7) is 0.802. The molecule has 0 aliphatic carbocycles. The number of rotatable bonds is 5. The van der Waals surface area contributed by atoms with Crippen molar-refractivity contribution >= 4 is 21.8 Å². The zero-order valence-electron chi connectivity index (χ0n) is 19.2. The molecule has 1 aromatic carbocycles. The van der Waals surface area contributed by atoms with Crippen molar-refractivity contribution in [3.63, 3.8) is 0 Å². The van der Waals surface area contributed by atoms with E-state index < -0.39 is 0 Å². The van der Waals surface area contributed by atoms with Crippen LogP contribution in [0.1, 0.15) is 5.56 Å². The number of fused-ring (bicyclic) bond motifs is 2. The summed E-state index contributed by atoms with van der Waals surface area (Å²) in [6.07, 6.45) is 9.02. The molecule has 0 atom stereocenters. The fourth-order valence-corrected chi connectivity index (χ4v) is 4.42. The van der Waals surface area contributed by atoms with Gasteiger partial charge in [-0.2, -0.15) is 5.10 Å². The third-order valence-corrected chi connectivity index (χ3v) is 5.97.